The minimum Gasteiger partial charge on any atom is -0.363 e. The van der Waals surface area contributed by atoms with Crippen LogP contribution >= 0.6 is 0 Å². The predicted molar refractivity (Wildman–Crippen MR) is 88.3 cm³/mol. The van der Waals surface area contributed by atoms with Crippen molar-refractivity contribution in [3.05, 3.63) is 28.3 Å². The molecule has 0 atom stereocenters. The number of nitrogens with one attached hydrogen (secondary N) is 1. The number of primary sulfonamides is 1. The number of benzene rings is 1. The van der Waals surface area contributed by atoms with Crippen LogP contribution in [0.1, 0.15) is 19.3 Å². The highest BCUT2D eigenvalue weighted by atomic mass is 32.2. The van der Waals surface area contributed by atoms with Crippen LogP contribution in [0.5, 0.6) is 0 Å². The molecule has 0 spiro atoms. The Morgan fingerprint density at radius 2 is 2.04 bits per heavy atom. The molecule has 1 aliphatic rings. The molecule has 1 aromatic rings. The maximum atomic E-state index is 12.6. The largest absolute Gasteiger partial charge is 0.363 e. The molecule has 1 aliphatic heterocycles. The number of nitro benzene ring substituents is 1. The molecule has 1 fully saturated rings. The second-order valence-corrected chi connectivity index (χ2v) is 7.23. The van der Waals surface area contributed by atoms with Gasteiger partial charge >= 0.3 is 0 Å². The van der Waals surface area contributed by atoms with Gasteiger partial charge in [0.05, 0.1) is 16.5 Å². The molecular formula is C14H21FN4O4S. The Morgan fingerprint density at radius 3 is 2.58 bits per heavy atom. The molecular weight excluding hydrogens is 339 g/mol. The Bertz CT molecular complexity index is 692. The summed E-state index contributed by atoms with van der Waals surface area (Å²) >= 11 is 0. The summed E-state index contributed by atoms with van der Waals surface area (Å²) in [6, 6.07) is 3.64. The Labute approximate surface area is 140 Å². The van der Waals surface area contributed by atoms with Crippen LogP contribution in [0.3, 0.4) is 0 Å². The van der Waals surface area contributed by atoms with Crippen molar-refractivity contribution in [2.45, 2.75) is 30.2 Å². The Balaban J connectivity index is 2.45. The molecule has 1 saturated heterocycles. The molecule has 0 radical (unpaired) electrons. The lowest BCUT2D eigenvalue weighted by Crippen LogP contribution is -2.44. The second-order valence-electron chi connectivity index (χ2n) is 5.67. The van der Waals surface area contributed by atoms with Crippen molar-refractivity contribution in [2.24, 2.45) is 5.14 Å². The first-order chi connectivity index (χ1) is 11.3. The lowest BCUT2D eigenvalue weighted by atomic mass is 10.0. The summed E-state index contributed by atoms with van der Waals surface area (Å²) in [6.45, 7) is 1.36. The van der Waals surface area contributed by atoms with Crippen LogP contribution in [0.15, 0.2) is 23.1 Å². The number of alkyl halides is 1. The van der Waals surface area contributed by atoms with Gasteiger partial charge in [-0.1, -0.05) is 0 Å². The van der Waals surface area contributed by atoms with E-state index in [2.05, 4.69) is 5.32 Å². The molecule has 8 nitrogen and oxygen atoms in total. The molecule has 0 bridgehead atoms. The zero-order valence-electron chi connectivity index (χ0n) is 13.2. The second kappa shape index (κ2) is 7.86. The molecule has 0 saturated carbocycles. The predicted octanol–water partition coefficient (Wildman–Crippen LogP) is 1.16. The van der Waals surface area contributed by atoms with Crippen molar-refractivity contribution in [3.63, 3.8) is 0 Å². The summed E-state index contributed by atoms with van der Waals surface area (Å²) in [5.41, 5.74) is -0.0355. The van der Waals surface area contributed by atoms with Gasteiger partial charge in [0.15, 0.2) is 0 Å². The number of rotatable bonds is 7. The van der Waals surface area contributed by atoms with Gasteiger partial charge in [-0.15, -0.1) is 0 Å². The average Bonchev–Trinajstić information content (AvgIpc) is 2.55. The summed E-state index contributed by atoms with van der Waals surface area (Å²) in [7, 11) is -4.04. The molecule has 1 heterocycles. The quantitative estimate of drug-likeness (QED) is 0.556. The fraction of sp³-hybridized carbons (Fsp3) is 0.571. The summed E-state index contributed by atoms with van der Waals surface area (Å²) in [6.07, 6.45) is 1.80. The number of hydrogen-bond donors (Lipinski definition) is 2. The van der Waals surface area contributed by atoms with Gasteiger partial charge in [0.25, 0.3) is 5.69 Å². The minimum atomic E-state index is -4.04. The van der Waals surface area contributed by atoms with Gasteiger partial charge in [0, 0.05) is 18.7 Å². The van der Waals surface area contributed by atoms with Gasteiger partial charge in [0.2, 0.25) is 10.0 Å². The maximum Gasteiger partial charge on any atom is 0.293 e. The fourth-order valence-corrected chi connectivity index (χ4v) is 3.45. The van der Waals surface area contributed by atoms with Gasteiger partial charge in [-0.25, -0.2) is 13.6 Å². The third-order valence-corrected chi connectivity index (χ3v) is 4.97. The van der Waals surface area contributed by atoms with Crippen molar-refractivity contribution in [2.75, 3.05) is 31.2 Å². The van der Waals surface area contributed by atoms with E-state index < -0.39 is 21.6 Å². The molecule has 0 amide bonds. The van der Waals surface area contributed by atoms with Crippen LogP contribution in [-0.2, 0) is 10.0 Å². The van der Waals surface area contributed by atoms with Gasteiger partial charge in [-0.05, 0) is 44.5 Å². The van der Waals surface area contributed by atoms with Crippen LogP contribution in [0.2, 0.25) is 0 Å². The van der Waals surface area contributed by atoms with Crippen molar-refractivity contribution in [1.82, 2.24) is 5.32 Å². The number of nitro groups is 1. The molecule has 134 valence electrons. The lowest BCUT2D eigenvalue weighted by Gasteiger charge is -2.36. The van der Waals surface area contributed by atoms with Gasteiger partial charge in [-0.2, -0.15) is 0 Å². The highest BCUT2D eigenvalue weighted by Crippen LogP contribution is 2.33. The summed E-state index contributed by atoms with van der Waals surface area (Å²) in [5, 5.41) is 19.7. The maximum absolute atomic E-state index is 12.6. The molecule has 0 unspecified atom stereocenters. The normalized spacial score (nSPS) is 16.1. The third-order valence-electron chi connectivity index (χ3n) is 4.06. The van der Waals surface area contributed by atoms with Gasteiger partial charge < -0.3 is 10.2 Å². The minimum absolute atomic E-state index is 0.0387. The first kappa shape index (κ1) is 18.6. The number of piperidine rings is 1. The van der Waals surface area contributed by atoms with Crippen LogP contribution in [0.4, 0.5) is 15.8 Å². The van der Waals surface area contributed by atoms with Gasteiger partial charge in [-0.3, -0.25) is 14.5 Å². The van der Waals surface area contributed by atoms with Crippen LogP contribution in [0.25, 0.3) is 0 Å². The first-order valence-corrected chi connectivity index (χ1v) is 9.24. The average molecular weight is 360 g/mol. The number of anilines is 1. The number of halogens is 1. The third kappa shape index (κ3) is 4.40. The van der Waals surface area contributed by atoms with E-state index in [0.29, 0.717) is 12.2 Å². The van der Waals surface area contributed by atoms with E-state index in [9.17, 15) is 22.9 Å². The van der Waals surface area contributed by atoms with Crippen molar-refractivity contribution < 1.29 is 17.7 Å². The van der Waals surface area contributed by atoms with Crippen molar-refractivity contribution >= 4 is 21.4 Å². The Kier molecular flexibility index (Phi) is 6.08. The smallest absolute Gasteiger partial charge is 0.293 e. The highest BCUT2D eigenvalue weighted by molar-refractivity contribution is 7.89. The van der Waals surface area contributed by atoms with Crippen molar-refractivity contribution in [1.29, 1.82) is 0 Å². The van der Waals surface area contributed by atoms with Crippen LogP contribution in [-0.4, -0.2) is 45.7 Å². The zero-order chi connectivity index (χ0) is 17.7. The Morgan fingerprint density at radius 1 is 1.38 bits per heavy atom. The van der Waals surface area contributed by atoms with E-state index in [0.717, 1.165) is 32.0 Å². The van der Waals surface area contributed by atoms with E-state index in [1.54, 1.807) is 0 Å². The lowest BCUT2D eigenvalue weighted by molar-refractivity contribution is -0.384. The molecule has 10 heteroatoms. The summed E-state index contributed by atoms with van der Waals surface area (Å²) in [4.78, 5) is 12.3. The molecule has 1 aromatic carbocycles. The molecule has 0 aromatic heterocycles. The summed E-state index contributed by atoms with van der Waals surface area (Å²) < 4.78 is 35.5. The highest BCUT2D eigenvalue weighted by Gasteiger charge is 2.28. The molecule has 0 aliphatic carbocycles. The number of hydrogen-bond acceptors (Lipinski definition) is 6. The SMILES string of the molecule is NS(=O)(=O)c1ccc(N(CCCF)C2CCNCC2)c([N+](=O)[O-])c1. The van der Waals surface area contributed by atoms with Crippen LogP contribution in [0, 0.1) is 10.1 Å². The molecule has 3 N–H and O–H groups in total. The topological polar surface area (TPSA) is 119 Å². The zero-order valence-corrected chi connectivity index (χ0v) is 14.0. The van der Waals surface area contributed by atoms with E-state index in [1.165, 1.54) is 12.1 Å². The molecule has 24 heavy (non-hydrogen) atoms. The fourth-order valence-electron chi connectivity index (χ4n) is 2.92. The number of nitrogens with two attached hydrogens (primary N) is 1. The van der Waals surface area contributed by atoms with E-state index >= 15 is 0 Å². The van der Waals surface area contributed by atoms with E-state index in [4.69, 9.17) is 5.14 Å². The first-order valence-electron chi connectivity index (χ1n) is 7.69. The van der Waals surface area contributed by atoms with Crippen molar-refractivity contribution in [3.8, 4) is 0 Å². The number of nitrogens with zero attached hydrogens (tertiary/aromatic N) is 2. The summed E-state index contributed by atoms with van der Waals surface area (Å²) in [5.74, 6) is 0. The molecule has 2 rings (SSSR count). The monoisotopic (exact) mass is 360 g/mol. The Hall–Kier alpha value is -1.78. The van der Waals surface area contributed by atoms with Crippen LogP contribution < -0.4 is 15.4 Å². The van der Waals surface area contributed by atoms with E-state index in [1.807, 2.05) is 4.90 Å². The van der Waals surface area contributed by atoms with Gasteiger partial charge in [0.1, 0.15) is 5.69 Å². The standard InChI is InChI=1S/C14H21FN4O4S/c15-6-1-9-18(11-4-7-17-8-5-11)13-3-2-12(24(16,22)23)10-14(13)19(20)21/h2-3,10-11,17H,1,4-9H2,(H2,16,22,23). The van der Waals surface area contributed by atoms with E-state index in [-0.39, 0.29) is 23.0 Å². The number of sulfonamides is 1.